The van der Waals surface area contributed by atoms with Crippen LogP contribution in [0.15, 0.2) is 4.99 Å². The van der Waals surface area contributed by atoms with Crippen molar-refractivity contribution in [3.63, 3.8) is 0 Å². The fraction of sp³-hybridized carbons (Fsp3) is 0.750. The van der Waals surface area contributed by atoms with Gasteiger partial charge in [-0.1, -0.05) is 13.3 Å². The quantitative estimate of drug-likeness (QED) is 0.607. The number of carbonyl (C=O) groups is 1. The number of nitrogens with one attached hydrogen (secondary N) is 1. The first kappa shape index (κ1) is 8.24. The molecule has 1 aliphatic rings. The van der Waals surface area contributed by atoms with E-state index in [0.717, 1.165) is 25.0 Å². The number of hydrogen-bond donors (Lipinski definition) is 1. The van der Waals surface area contributed by atoms with Crippen molar-refractivity contribution in [2.24, 2.45) is 4.99 Å². The fourth-order valence-corrected chi connectivity index (χ4v) is 1.09. The molecule has 3 nitrogen and oxygen atoms in total. The van der Waals surface area contributed by atoms with Crippen molar-refractivity contribution in [2.45, 2.75) is 32.2 Å². The maximum Gasteiger partial charge on any atom is 0.144 e. The second-order valence-corrected chi connectivity index (χ2v) is 2.78. The third-order valence-corrected chi connectivity index (χ3v) is 1.76. The van der Waals surface area contributed by atoms with Crippen molar-refractivity contribution < 1.29 is 4.79 Å². The van der Waals surface area contributed by atoms with Gasteiger partial charge in [-0.25, -0.2) is 0 Å². The fourth-order valence-electron chi connectivity index (χ4n) is 1.09. The minimum atomic E-state index is -0.0538. The summed E-state index contributed by atoms with van der Waals surface area (Å²) >= 11 is 0. The van der Waals surface area contributed by atoms with E-state index in [-0.39, 0.29) is 6.04 Å². The van der Waals surface area contributed by atoms with Crippen molar-refractivity contribution in [3.05, 3.63) is 0 Å². The Morgan fingerprint density at radius 3 is 3.18 bits per heavy atom. The van der Waals surface area contributed by atoms with E-state index in [4.69, 9.17) is 0 Å². The van der Waals surface area contributed by atoms with Gasteiger partial charge in [0.15, 0.2) is 0 Å². The number of unbranched alkanes of at least 4 members (excludes halogenated alkanes) is 1. The molecule has 0 bridgehead atoms. The van der Waals surface area contributed by atoms with E-state index in [1.54, 1.807) is 0 Å². The summed E-state index contributed by atoms with van der Waals surface area (Å²) in [7, 11) is 0. The molecule has 0 aromatic carbocycles. The van der Waals surface area contributed by atoms with E-state index in [9.17, 15) is 4.79 Å². The van der Waals surface area contributed by atoms with Gasteiger partial charge in [0.1, 0.15) is 12.3 Å². The lowest BCUT2D eigenvalue weighted by Crippen LogP contribution is -2.31. The van der Waals surface area contributed by atoms with Crippen LogP contribution in [0.1, 0.15) is 26.2 Å². The number of aldehydes is 1. The molecule has 0 aromatic rings. The van der Waals surface area contributed by atoms with Crippen LogP contribution in [0.25, 0.3) is 0 Å². The van der Waals surface area contributed by atoms with Gasteiger partial charge in [-0.05, 0) is 6.42 Å². The van der Waals surface area contributed by atoms with Gasteiger partial charge in [0.25, 0.3) is 0 Å². The van der Waals surface area contributed by atoms with Crippen LogP contribution >= 0.6 is 0 Å². The first-order valence-corrected chi connectivity index (χ1v) is 4.12. The number of hydrogen-bond acceptors (Lipinski definition) is 3. The Morgan fingerprint density at radius 2 is 2.64 bits per heavy atom. The Kier molecular flexibility index (Phi) is 3.08. The van der Waals surface area contributed by atoms with E-state index in [1.165, 1.54) is 6.42 Å². The molecule has 0 spiro atoms. The summed E-state index contributed by atoms with van der Waals surface area (Å²) in [5.41, 5.74) is 0. The van der Waals surface area contributed by atoms with Crippen LogP contribution in [0.2, 0.25) is 0 Å². The predicted octanol–water partition coefficient (Wildman–Crippen LogP) is 0.746. The highest BCUT2D eigenvalue weighted by atomic mass is 16.1. The van der Waals surface area contributed by atoms with E-state index < -0.39 is 0 Å². The summed E-state index contributed by atoms with van der Waals surface area (Å²) in [5, 5.41) is 3.06. The largest absolute Gasteiger partial charge is 0.363 e. The Bertz CT molecular complexity index is 165. The third-order valence-electron chi connectivity index (χ3n) is 1.76. The molecule has 1 rings (SSSR count). The van der Waals surface area contributed by atoms with E-state index in [0.29, 0.717) is 6.54 Å². The van der Waals surface area contributed by atoms with Gasteiger partial charge in [0.2, 0.25) is 0 Å². The SMILES string of the molecule is CCCCC1=NCC(C=O)N1. The van der Waals surface area contributed by atoms with Gasteiger partial charge in [-0.15, -0.1) is 0 Å². The highest BCUT2D eigenvalue weighted by Crippen LogP contribution is 2.01. The highest BCUT2D eigenvalue weighted by Gasteiger charge is 2.14. The molecule has 1 unspecified atom stereocenters. The van der Waals surface area contributed by atoms with E-state index >= 15 is 0 Å². The summed E-state index contributed by atoms with van der Waals surface area (Å²) in [4.78, 5) is 14.5. The molecule has 1 heterocycles. The zero-order valence-corrected chi connectivity index (χ0v) is 6.84. The first-order valence-electron chi connectivity index (χ1n) is 4.12. The number of aliphatic imine (C=N–C) groups is 1. The molecule has 62 valence electrons. The minimum Gasteiger partial charge on any atom is -0.363 e. The molecule has 0 saturated heterocycles. The maximum atomic E-state index is 10.3. The number of nitrogens with zero attached hydrogens (tertiary/aromatic N) is 1. The molecule has 3 heteroatoms. The number of carbonyl (C=O) groups excluding carboxylic acids is 1. The Balaban J connectivity index is 2.22. The van der Waals surface area contributed by atoms with Crippen molar-refractivity contribution in [2.75, 3.05) is 6.54 Å². The van der Waals surface area contributed by atoms with Gasteiger partial charge in [0, 0.05) is 6.42 Å². The number of amidine groups is 1. The summed E-state index contributed by atoms with van der Waals surface area (Å²) in [6.45, 7) is 2.77. The summed E-state index contributed by atoms with van der Waals surface area (Å²) in [6, 6.07) is -0.0538. The standard InChI is InChI=1S/C8H14N2O/c1-2-3-4-8-9-5-7(6-11)10-8/h6-7H,2-5H2,1H3,(H,9,10). The molecular weight excluding hydrogens is 140 g/mol. The molecule has 11 heavy (non-hydrogen) atoms. The molecule has 0 aliphatic carbocycles. The second-order valence-electron chi connectivity index (χ2n) is 2.78. The topological polar surface area (TPSA) is 41.5 Å². The van der Waals surface area contributed by atoms with Crippen molar-refractivity contribution >= 4 is 12.1 Å². The van der Waals surface area contributed by atoms with Gasteiger partial charge in [-0.2, -0.15) is 0 Å². The van der Waals surface area contributed by atoms with Crippen LogP contribution in [0.5, 0.6) is 0 Å². The average Bonchev–Trinajstić information content (AvgIpc) is 2.48. The molecule has 0 aromatic heterocycles. The lowest BCUT2D eigenvalue weighted by molar-refractivity contribution is -0.108. The van der Waals surface area contributed by atoms with Crippen LogP contribution in [0.3, 0.4) is 0 Å². The van der Waals surface area contributed by atoms with E-state index in [2.05, 4.69) is 17.2 Å². The summed E-state index contributed by atoms with van der Waals surface area (Å²) in [6.07, 6.45) is 4.23. The predicted molar refractivity (Wildman–Crippen MR) is 44.8 cm³/mol. The van der Waals surface area contributed by atoms with Crippen LogP contribution in [0, 0.1) is 0 Å². The number of rotatable bonds is 4. The van der Waals surface area contributed by atoms with Gasteiger partial charge < -0.3 is 10.1 Å². The van der Waals surface area contributed by atoms with Crippen molar-refractivity contribution in [1.29, 1.82) is 0 Å². The van der Waals surface area contributed by atoms with Crippen LogP contribution in [-0.2, 0) is 4.79 Å². The lowest BCUT2D eigenvalue weighted by atomic mass is 10.2. The van der Waals surface area contributed by atoms with Crippen molar-refractivity contribution in [3.8, 4) is 0 Å². The molecule has 0 amide bonds. The van der Waals surface area contributed by atoms with Gasteiger partial charge >= 0.3 is 0 Å². The molecule has 0 saturated carbocycles. The van der Waals surface area contributed by atoms with Crippen LogP contribution in [0.4, 0.5) is 0 Å². The molecule has 1 N–H and O–H groups in total. The normalized spacial score (nSPS) is 22.6. The lowest BCUT2D eigenvalue weighted by Gasteiger charge is -2.02. The van der Waals surface area contributed by atoms with Gasteiger partial charge in [0.05, 0.1) is 12.4 Å². The second kappa shape index (κ2) is 4.11. The molecular formula is C8H14N2O. The smallest absolute Gasteiger partial charge is 0.144 e. The monoisotopic (exact) mass is 154 g/mol. The highest BCUT2D eigenvalue weighted by molar-refractivity contribution is 5.87. The summed E-state index contributed by atoms with van der Waals surface area (Å²) < 4.78 is 0. The molecule has 0 fully saturated rings. The Labute approximate surface area is 66.9 Å². The third kappa shape index (κ3) is 2.33. The maximum absolute atomic E-state index is 10.3. The Morgan fingerprint density at radius 1 is 1.82 bits per heavy atom. The van der Waals surface area contributed by atoms with Gasteiger partial charge in [-0.3, -0.25) is 4.99 Å². The van der Waals surface area contributed by atoms with Crippen molar-refractivity contribution in [1.82, 2.24) is 5.32 Å². The zero-order chi connectivity index (χ0) is 8.10. The van der Waals surface area contributed by atoms with E-state index in [1.807, 2.05) is 0 Å². The minimum absolute atomic E-state index is 0.0538. The summed E-state index contributed by atoms with van der Waals surface area (Å²) in [5.74, 6) is 1.00. The molecule has 1 atom stereocenters. The van der Waals surface area contributed by atoms with Crippen LogP contribution < -0.4 is 5.32 Å². The zero-order valence-electron chi connectivity index (χ0n) is 6.84. The van der Waals surface area contributed by atoms with Crippen LogP contribution in [-0.4, -0.2) is 24.7 Å². The average molecular weight is 154 g/mol. The molecule has 0 radical (unpaired) electrons. The first-order chi connectivity index (χ1) is 5.36. The molecule has 1 aliphatic heterocycles. The Hall–Kier alpha value is -0.860.